The molecule has 0 radical (unpaired) electrons. The highest BCUT2D eigenvalue weighted by Gasteiger charge is 2.18. The molecule has 2 heterocycles. The van der Waals surface area contributed by atoms with E-state index < -0.39 is 6.04 Å². The molecule has 0 aliphatic carbocycles. The predicted octanol–water partition coefficient (Wildman–Crippen LogP) is 1.55. The molecule has 2 N–H and O–H groups in total. The number of carbonyl (C=O) groups excluding carboxylic acids is 2. The Bertz CT molecular complexity index is 754. The Hall–Kier alpha value is -2.64. The summed E-state index contributed by atoms with van der Waals surface area (Å²) in [4.78, 5) is 26.7. The molecule has 0 spiro atoms. The molecule has 3 rings (SSSR count). The molecule has 1 atom stereocenters. The van der Waals surface area contributed by atoms with Gasteiger partial charge in [-0.1, -0.05) is 24.3 Å². The minimum absolute atomic E-state index is 0.229. The van der Waals surface area contributed by atoms with Crippen LogP contribution in [0.4, 0.5) is 0 Å². The van der Waals surface area contributed by atoms with Crippen molar-refractivity contribution in [3.63, 3.8) is 0 Å². The number of rotatable bonds is 7. The van der Waals surface area contributed by atoms with Gasteiger partial charge >= 0.3 is 0 Å². The minimum Gasteiger partial charge on any atom is -0.472 e. The van der Waals surface area contributed by atoms with Crippen LogP contribution < -0.4 is 10.6 Å². The van der Waals surface area contributed by atoms with Crippen LogP contribution in [0.3, 0.4) is 0 Å². The molecule has 1 saturated heterocycles. The van der Waals surface area contributed by atoms with Crippen LogP contribution in [0.25, 0.3) is 0 Å². The Balaban J connectivity index is 1.53. The van der Waals surface area contributed by atoms with Gasteiger partial charge in [0.2, 0.25) is 5.91 Å². The summed E-state index contributed by atoms with van der Waals surface area (Å²) in [7, 11) is 0. The van der Waals surface area contributed by atoms with Crippen molar-refractivity contribution in [2.75, 3.05) is 26.3 Å². The fraction of sp³-hybridized carbons (Fsp3) is 0.400. The highest BCUT2D eigenvalue weighted by atomic mass is 16.5. The molecule has 27 heavy (non-hydrogen) atoms. The van der Waals surface area contributed by atoms with Crippen LogP contribution in [-0.2, 0) is 22.6 Å². The Morgan fingerprint density at radius 3 is 2.59 bits per heavy atom. The summed E-state index contributed by atoms with van der Waals surface area (Å²) < 4.78 is 10.3. The summed E-state index contributed by atoms with van der Waals surface area (Å²) in [5.74, 6) is -0.563. The number of carbonyl (C=O) groups is 2. The molecule has 1 fully saturated rings. The van der Waals surface area contributed by atoms with E-state index in [4.69, 9.17) is 9.15 Å². The Kier molecular flexibility index (Phi) is 6.62. The fourth-order valence-corrected chi connectivity index (χ4v) is 2.96. The average Bonchev–Trinajstić information content (AvgIpc) is 3.23. The first kappa shape index (κ1) is 19.1. The van der Waals surface area contributed by atoms with Crippen molar-refractivity contribution in [2.24, 2.45) is 0 Å². The van der Waals surface area contributed by atoms with Crippen molar-refractivity contribution < 1.29 is 18.7 Å². The summed E-state index contributed by atoms with van der Waals surface area (Å²) >= 11 is 0. The number of nitrogens with zero attached hydrogens (tertiary/aromatic N) is 1. The van der Waals surface area contributed by atoms with Gasteiger partial charge in [0.25, 0.3) is 5.91 Å². The molecule has 2 aromatic rings. The molecule has 2 amide bonds. The Morgan fingerprint density at radius 1 is 1.15 bits per heavy atom. The largest absolute Gasteiger partial charge is 0.472 e. The van der Waals surface area contributed by atoms with Crippen LogP contribution in [-0.4, -0.2) is 49.1 Å². The molecule has 1 unspecified atom stereocenters. The highest BCUT2D eigenvalue weighted by Crippen LogP contribution is 2.13. The van der Waals surface area contributed by atoms with Crippen LogP contribution in [0, 0.1) is 0 Å². The van der Waals surface area contributed by atoms with Crippen LogP contribution in [0.15, 0.2) is 47.3 Å². The van der Waals surface area contributed by atoms with E-state index in [9.17, 15) is 9.59 Å². The first-order valence-electron chi connectivity index (χ1n) is 9.11. The van der Waals surface area contributed by atoms with Crippen molar-refractivity contribution in [2.45, 2.75) is 26.1 Å². The number of morpholine rings is 1. The zero-order valence-electron chi connectivity index (χ0n) is 15.4. The van der Waals surface area contributed by atoms with Crippen molar-refractivity contribution in [1.29, 1.82) is 0 Å². The Morgan fingerprint density at radius 2 is 1.89 bits per heavy atom. The van der Waals surface area contributed by atoms with Crippen molar-refractivity contribution in [3.8, 4) is 0 Å². The van der Waals surface area contributed by atoms with E-state index in [1.165, 1.54) is 18.1 Å². The summed E-state index contributed by atoms with van der Waals surface area (Å²) in [6, 6.07) is 9.00. The maximum atomic E-state index is 12.3. The molecule has 144 valence electrons. The highest BCUT2D eigenvalue weighted by molar-refractivity contribution is 5.97. The monoisotopic (exact) mass is 371 g/mol. The van der Waals surface area contributed by atoms with E-state index in [0.717, 1.165) is 38.4 Å². The van der Waals surface area contributed by atoms with Gasteiger partial charge in [-0.25, -0.2) is 0 Å². The average molecular weight is 371 g/mol. The molecule has 0 saturated carbocycles. The van der Waals surface area contributed by atoms with E-state index in [1.54, 1.807) is 13.0 Å². The standard InChI is InChI=1S/C20H25N3O4/c1-15(22-20(25)18-6-9-27-14-18)19(24)21-12-16-4-2-3-5-17(16)13-23-7-10-26-11-8-23/h2-6,9,14-15H,7-8,10-13H2,1H3,(H,21,24)(H,22,25). The maximum absolute atomic E-state index is 12.3. The summed E-state index contributed by atoms with van der Waals surface area (Å²) in [5, 5.41) is 5.57. The molecular weight excluding hydrogens is 346 g/mol. The van der Waals surface area contributed by atoms with Crippen LogP contribution >= 0.6 is 0 Å². The van der Waals surface area contributed by atoms with Gasteiger partial charge in [0, 0.05) is 26.2 Å². The van der Waals surface area contributed by atoms with E-state index >= 15 is 0 Å². The summed E-state index contributed by atoms with van der Waals surface area (Å²) in [6.07, 6.45) is 2.77. The molecule has 7 nitrogen and oxygen atoms in total. The normalized spacial score (nSPS) is 15.9. The third-order valence-corrected chi connectivity index (χ3v) is 4.59. The van der Waals surface area contributed by atoms with E-state index in [1.807, 2.05) is 18.2 Å². The lowest BCUT2D eigenvalue weighted by Gasteiger charge is -2.27. The number of hydrogen-bond donors (Lipinski definition) is 2. The first-order chi connectivity index (χ1) is 13.1. The molecule has 1 aromatic carbocycles. The second-order valence-electron chi connectivity index (χ2n) is 6.58. The van der Waals surface area contributed by atoms with Crippen LogP contribution in [0.2, 0.25) is 0 Å². The van der Waals surface area contributed by atoms with Gasteiger partial charge in [-0.2, -0.15) is 0 Å². The van der Waals surface area contributed by atoms with Crippen LogP contribution in [0.5, 0.6) is 0 Å². The van der Waals surface area contributed by atoms with Gasteiger partial charge in [0.15, 0.2) is 0 Å². The van der Waals surface area contributed by atoms with Crippen molar-refractivity contribution >= 4 is 11.8 Å². The molecule has 1 aromatic heterocycles. The van der Waals surface area contributed by atoms with Gasteiger partial charge < -0.3 is 19.8 Å². The van der Waals surface area contributed by atoms with E-state index in [-0.39, 0.29) is 11.8 Å². The van der Waals surface area contributed by atoms with Gasteiger partial charge in [-0.3, -0.25) is 14.5 Å². The Labute approximate surface area is 158 Å². The SMILES string of the molecule is CC(NC(=O)c1ccoc1)C(=O)NCc1ccccc1CN1CCOCC1. The second-order valence-corrected chi connectivity index (χ2v) is 6.58. The van der Waals surface area contributed by atoms with E-state index in [2.05, 4.69) is 21.6 Å². The van der Waals surface area contributed by atoms with Crippen molar-refractivity contribution in [3.05, 3.63) is 59.5 Å². The number of nitrogens with one attached hydrogen (secondary N) is 2. The lowest BCUT2D eigenvalue weighted by molar-refractivity contribution is -0.122. The van der Waals surface area contributed by atoms with Gasteiger partial charge in [-0.05, 0) is 24.1 Å². The summed E-state index contributed by atoms with van der Waals surface area (Å²) in [5.41, 5.74) is 2.66. The lowest BCUT2D eigenvalue weighted by Crippen LogP contribution is -2.44. The summed E-state index contributed by atoms with van der Waals surface area (Å²) in [6.45, 7) is 6.26. The topological polar surface area (TPSA) is 83.8 Å². The quantitative estimate of drug-likeness (QED) is 0.771. The predicted molar refractivity (Wildman–Crippen MR) is 100 cm³/mol. The third-order valence-electron chi connectivity index (χ3n) is 4.59. The smallest absolute Gasteiger partial charge is 0.255 e. The zero-order valence-corrected chi connectivity index (χ0v) is 15.4. The minimum atomic E-state index is -0.640. The number of ether oxygens (including phenoxy) is 1. The third kappa shape index (κ3) is 5.42. The lowest BCUT2D eigenvalue weighted by atomic mass is 10.1. The number of benzene rings is 1. The first-order valence-corrected chi connectivity index (χ1v) is 9.11. The molecule has 1 aliphatic heterocycles. The number of hydrogen-bond acceptors (Lipinski definition) is 5. The van der Waals surface area contributed by atoms with E-state index in [0.29, 0.717) is 12.1 Å². The zero-order chi connectivity index (χ0) is 19.1. The van der Waals surface area contributed by atoms with Gasteiger partial charge in [0.1, 0.15) is 12.3 Å². The molecule has 7 heteroatoms. The second kappa shape index (κ2) is 9.34. The molecular formula is C20H25N3O4. The van der Waals surface area contributed by atoms with Crippen LogP contribution in [0.1, 0.15) is 28.4 Å². The maximum Gasteiger partial charge on any atom is 0.255 e. The van der Waals surface area contributed by atoms with Gasteiger partial charge in [0.05, 0.1) is 25.0 Å². The fourth-order valence-electron chi connectivity index (χ4n) is 2.96. The number of amides is 2. The molecule has 0 bridgehead atoms. The van der Waals surface area contributed by atoms with Gasteiger partial charge in [-0.15, -0.1) is 0 Å². The van der Waals surface area contributed by atoms with Crippen molar-refractivity contribution in [1.82, 2.24) is 15.5 Å². The number of furan rings is 1. The molecule has 1 aliphatic rings.